The summed E-state index contributed by atoms with van der Waals surface area (Å²) in [5.74, 6) is -0.161. The molecule has 1 fully saturated rings. The molecule has 0 spiro atoms. The second-order valence-electron chi connectivity index (χ2n) is 5.61. The third kappa shape index (κ3) is 2.41. The molecular weight excluding hydrogens is 232 g/mol. The molecule has 2 N–H and O–H groups in total. The molecule has 1 nitrogen and oxygen atoms in total. The zero-order chi connectivity index (χ0) is 13.3. The summed E-state index contributed by atoms with van der Waals surface area (Å²) in [7, 11) is 0. The van der Waals surface area contributed by atoms with Gasteiger partial charge in [-0.05, 0) is 55.7 Å². The van der Waals surface area contributed by atoms with Crippen molar-refractivity contribution in [2.75, 3.05) is 6.54 Å². The lowest BCUT2D eigenvalue weighted by atomic mass is 9.71. The van der Waals surface area contributed by atoms with E-state index in [-0.39, 0.29) is 23.2 Å². The maximum Gasteiger partial charge on any atom is 0.132 e. The number of halogens is 2. The number of aryl methyl sites for hydroxylation is 1. The van der Waals surface area contributed by atoms with Gasteiger partial charge in [0.15, 0.2) is 0 Å². The monoisotopic (exact) mass is 253 g/mol. The summed E-state index contributed by atoms with van der Waals surface area (Å²) in [4.78, 5) is 0. The highest BCUT2D eigenvalue weighted by Crippen LogP contribution is 2.42. The topological polar surface area (TPSA) is 26.0 Å². The van der Waals surface area contributed by atoms with Crippen molar-refractivity contribution < 1.29 is 8.78 Å². The summed E-state index contributed by atoms with van der Waals surface area (Å²) in [5.41, 5.74) is 6.55. The maximum atomic E-state index is 14.2. The van der Waals surface area contributed by atoms with Gasteiger partial charge >= 0.3 is 0 Å². The van der Waals surface area contributed by atoms with Crippen LogP contribution in [-0.2, 0) is 0 Å². The van der Waals surface area contributed by atoms with Gasteiger partial charge in [0, 0.05) is 5.56 Å². The van der Waals surface area contributed by atoms with Gasteiger partial charge in [0.25, 0.3) is 0 Å². The van der Waals surface area contributed by atoms with Crippen molar-refractivity contribution >= 4 is 0 Å². The minimum absolute atomic E-state index is 0.0707. The van der Waals surface area contributed by atoms with Crippen LogP contribution in [0.4, 0.5) is 8.78 Å². The Bertz CT molecular complexity index is 431. The first-order valence-corrected chi connectivity index (χ1v) is 6.69. The third-order valence-electron chi connectivity index (χ3n) is 4.25. The smallest absolute Gasteiger partial charge is 0.132 e. The van der Waals surface area contributed by atoms with Crippen molar-refractivity contribution in [2.24, 2.45) is 17.6 Å². The number of benzene rings is 1. The molecule has 0 radical (unpaired) electrons. The number of hydrogen-bond acceptors (Lipinski definition) is 1. The van der Waals surface area contributed by atoms with Crippen LogP contribution in [0.25, 0.3) is 0 Å². The normalized spacial score (nSPS) is 28.4. The van der Waals surface area contributed by atoms with E-state index in [1.54, 1.807) is 6.92 Å². The fraction of sp³-hybridized carbons (Fsp3) is 0.600. The van der Waals surface area contributed by atoms with Gasteiger partial charge in [0.1, 0.15) is 11.6 Å². The molecular formula is C15H21F2N. The van der Waals surface area contributed by atoms with Crippen LogP contribution in [0.1, 0.15) is 43.2 Å². The molecule has 0 saturated heterocycles. The zero-order valence-electron chi connectivity index (χ0n) is 11.0. The van der Waals surface area contributed by atoms with E-state index < -0.39 is 5.82 Å². The first-order valence-electron chi connectivity index (χ1n) is 6.69. The zero-order valence-corrected chi connectivity index (χ0v) is 11.0. The van der Waals surface area contributed by atoms with E-state index in [4.69, 9.17) is 5.73 Å². The van der Waals surface area contributed by atoms with Gasteiger partial charge in [0.05, 0.1) is 0 Å². The lowest BCUT2D eigenvalue weighted by molar-refractivity contribution is 0.244. The molecule has 18 heavy (non-hydrogen) atoms. The summed E-state index contributed by atoms with van der Waals surface area (Å²) in [5, 5.41) is 0. The van der Waals surface area contributed by atoms with E-state index in [1.165, 1.54) is 12.1 Å². The molecule has 0 aromatic heterocycles. The Morgan fingerprint density at radius 2 is 2.00 bits per heavy atom. The second-order valence-corrected chi connectivity index (χ2v) is 5.61. The van der Waals surface area contributed by atoms with Crippen LogP contribution in [0.2, 0.25) is 0 Å². The Balaban J connectivity index is 2.42. The van der Waals surface area contributed by atoms with Gasteiger partial charge in [-0.25, -0.2) is 8.78 Å². The molecule has 3 atom stereocenters. The highest BCUT2D eigenvalue weighted by Gasteiger charge is 2.32. The van der Waals surface area contributed by atoms with E-state index in [0.717, 1.165) is 19.3 Å². The third-order valence-corrected chi connectivity index (χ3v) is 4.25. The number of nitrogens with two attached hydrogens (primary N) is 1. The quantitative estimate of drug-likeness (QED) is 0.853. The van der Waals surface area contributed by atoms with Crippen LogP contribution < -0.4 is 5.73 Å². The molecule has 1 saturated carbocycles. The van der Waals surface area contributed by atoms with E-state index in [1.807, 2.05) is 0 Å². The summed E-state index contributed by atoms with van der Waals surface area (Å²) in [6.45, 7) is 4.33. The first kappa shape index (κ1) is 13.5. The van der Waals surface area contributed by atoms with Crippen molar-refractivity contribution in [3.8, 4) is 0 Å². The average Bonchev–Trinajstić information content (AvgIpc) is 2.35. The largest absolute Gasteiger partial charge is 0.330 e. The Kier molecular flexibility index (Phi) is 4.00. The molecule has 100 valence electrons. The molecule has 1 aromatic rings. The number of hydrogen-bond donors (Lipinski definition) is 1. The van der Waals surface area contributed by atoms with Crippen LogP contribution in [0.5, 0.6) is 0 Å². The molecule has 0 amide bonds. The van der Waals surface area contributed by atoms with Crippen molar-refractivity contribution in [3.63, 3.8) is 0 Å². The molecule has 3 unspecified atom stereocenters. The minimum atomic E-state index is -0.421. The van der Waals surface area contributed by atoms with Gasteiger partial charge in [-0.1, -0.05) is 19.4 Å². The molecule has 2 rings (SSSR count). The lowest BCUT2D eigenvalue weighted by Gasteiger charge is -2.35. The van der Waals surface area contributed by atoms with Crippen molar-refractivity contribution in [3.05, 3.63) is 34.9 Å². The van der Waals surface area contributed by atoms with Gasteiger partial charge in [0.2, 0.25) is 0 Å². The van der Waals surface area contributed by atoms with E-state index in [0.29, 0.717) is 18.0 Å². The van der Waals surface area contributed by atoms with Crippen molar-refractivity contribution in [1.82, 2.24) is 0 Å². The van der Waals surface area contributed by atoms with Gasteiger partial charge < -0.3 is 5.73 Å². The highest BCUT2D eigenvalue weighted by molar-refractivity contribution is 5.30. The molecule has 3 heteroatoms. The fourth-order valence-corrected chi connectivity index (χ4v) is 3.10. The van der Waals surface area contributed by atoms with E-state index in [2.05, 4.69) is 6.92 Å². The SMILES string of the molecule is Cc1ccc(F)c(C2CC(C)CCC2CN)c1F. The van der Waals surface area contributed by atoms with Crippen molar-refractivity contribution in [2.45, 2.75) is 39.0 Å². The van der Waals surface area contributed by atoms with Gasteiger partial charge in [-0.2, -0.15) is 0 Å². The molecule has 0 aliphatic heterocycles. The Morgan fingerprint density at radius 3 is 2.67 bits per heavy atom. The van der Waals surface area contributed by atoms with E-state index >= 15 is 0 Å². The maximum absolute atomic E-state index is 14.2. The summed E-state index contributed by atoms with van der Waals surface area (Å²) >= 11 is 0. The summed E-state index contributed by atoms with van der Waals surface area (Å²) < 4.78 is 28.2. The molecule has 0 bridgehead atoms. The lowest BCUT2D eigenvalue weighted by Crippen LogP contribution is -2.29. The highest BCUT2D eigenvalue weighted by atomic mass is 19.1. The molecule has 1 aromatic carbocycles. The van der Waals surface area contributed by atoms with Crippen molar-refractivity contribution in [1.29, 1.82) is 0 Å². The molecule has 1 aliphatic rings. The Morgan fingerprint density at radius 1 is 1.28 bits per heavy atom. The second kappa shape index (κ2) is 5.35. The molecule has 1 aliphatic carbocycles. The Labute approximate surface area is 107 Å². The molecule has 0 heterocycles. The summed E-state index contributed by atoms with van der Waals surface area (Å²) in [6, 6.07) is 2.87. The van der Waals surface area contributed by atoms with Crippen LogP contribution in [0.3, 0.4) is 0 Å². The van der Waals surface area contributed by atoms with Gasteiger partial charge in [-0.3, -0.25) is 0 Å². The van der Waals surface area contributed by atoms with Gasteiger partial charge in [-0.15, -0.1) is 0 Å². The van der Waals surface area contributed by atoms with Crippen LogP contribution in [0, 0.1) is 30.4 Å². The van der Waals surface area contributed by atoms with Crippen LogP contribution in [0.15, 0.2) is 12.1 Å². The van der Waals surface area contributed by atoms with E-state index in [9.17, 15) is 8.78 Å². The average molecular weight is 253 g/mol. The van der Waals surface area contributed by atoms with Crippen LogP contribution in [-0.4, -0.2) is 6.54 Å². The standard InChI is InChI=1S/C15H21F2N/c1-9-3-5-11(8-18)12(7-9)14-13(16)6-4-10(2)15(14)17/h4,6,9,11-12H,3,5,7-8,18H2,1-2H3. The number of rotatable bonds is 2. The predicted molar refractivity (Wildman–Crippen MR) is 69.4 cm³/mol. The predicted octanol–water partition coefficient (Wildman–Crippen LogP) is 3.75. The first-order chi connectivity index (χ1) is 8.54. The van der Waals surface area contributed by atoms with Crippen LogP contribution >= 0.6 is 0 Å². The minimum Gasteiger partial charge on any atom is -0.330 e. The fourth-order valence-electron chi connectivity index (χ4n) is 3.10. The summed E-state index contributed by atoms with van der Waals surface area (Å²) in [6.07, 6.45) is 2.90. The Hall–Kier alpha value is -0.960.